The Morgan fingerprint density at radius 2 is 1.83 bits per heavy atom. The fraction of sp³-hybridized carbons (Fsp3) is 0.579. The number of nitrogens with one attached hydrogen (secondary N) is 2. The number of carbonyl (C=O) groups is 2. The van der Waals surface area contributed by atoms with Crippen molar-refractivity contribution in [2.24, 2.45) is 5.92 Å². The Bertz CT molecular complexity index is 512. The Morgan fingerprint density at radius 1 is 1.09 bits per heavy atom. The van der Waals surface area contributed by atoms with E-state index in [-0.39, 0.29) is 23.8 Å². The number of hydrogen-bond donors (Lipinski definition) is 2. The van der Waals surface area contributed by atoms with E-state index in [4.69, 9.17) is 0 Å². The number of unbranched alkanes of at least 4 members (excludes halogenated alkanes) is 3. The lowest BCUT2D eigenvalue weighted by atomic mass is 10.1. The first kappa shape index (κ1) is 19.2. The Hall–Kier alpha value is -1.84. The molecular weight excluding hydrogens is 288 g/mol. The maximum atomic E-state index is 12.3. The lowest BCUT2D eigenvalue weighted by Gasteiger charge is -2.14. The Balaban J connectivity index is 2.54. The van der Waals surface area contributed by atoms with Crippen LogP contribution in [-0.2, 0) is 4.79 Å². The van der Waals surface area contributed by atoms with Gasteiger partial charge in [0.2, 0.25) is 5.91 Å². The highest BCUT2D eigenvalue weighted by molar-refractivity contribution is 5.97. The average Bonchev–Trinajstić information content (AvgIpc) is 2.51. The average molecular weight is 318 g/mol. The molecule has 1 rings (SSSR count). The van der Waals surface area contributed by atoms with Gasteiger partial charge in [-0.2, -0.15) is 0 Å². The van der Waals surface area contributed by atoms with Crippen LogP contribution in [0.2, 0.25) is 0 Å². The standard InChI is InChI=1S/C19H30N2O2/c1-5-6-7-8-10-15(4)20-19(23)16-11-9-12-17(13-16)21-18(22)14(2)3/h9,11-15H,5-8,10H2,1-4H3,(H,20,23)(H,21,22). The van der Waals surface area contributed by atoms with E-state index in [0.29, 0.717) is 11.3 Å². The van der Waals surface area contributed by atoms with Crippen LogP contribution in [0.1, 0.15) is 70.2 Å². The third-order valence-corrected chi connectivity index (χ3v) is 3.78. The van der Waals surface area contributed by atoms with Crippen molar-refractivity contribution >= 4 is 17.5 Å². The van der Waals surface area contributed by atoms with Crippen LogP contribution in [0.15, 0.2) is 24.3 Å². The van der Waals surface area contributed by atoms with Gasteiger partial charge in [0, 0.05) is 23.2 Å². The molecule has 0 radical (unpaired) electrons. The fourth-order valence-electron chi connectivity index (χ4n) is 2.28. The van der Waals surface area contributed by atoms with E-state index in [1.807, 2.05) is 20.8 Å². The van der Waals surface area contributed by atoms with Crippen LogP contribution in [0.25, 0.3) is 0 Å². The van der Waals surface area contributed by atoms with E-state index in [0.717, 1.165) is 12.8 Å². The van der Waals surface area contributed by atoms with Gasteiger partial charge in [-0.25, -0.2) is 0 Å². The van der Waals surface area contributed by atoms with Crippen molar-refractivity contribution in [1.29, 1.82) is 0 Å². The number of hydrogen-bond acceptors (Lipinski definition) is 2. The molecule has 1 aromatic carbocycles. The Kier molecular flexibility index (Phi) is 8.38. The van der Waals surface area contributed by atoms with Gasteiger partial charge >= 0.3 is 0 Å². The molecule has 0 bridgehead atoms. The van der Waals surface area contributed by atoms with Crippen LogP contribution in [-0.4, -0.2) is 17.9 Å². The van der Waals surface area contributed by atoms with E-state index in [2.05, 4.69) is 17.6 Å². The summed E-state index contributed by atoms with van der Waals surface area (Å²) in [4.78, 5) is 24.0. The van der Waals surface area contributed by atoms with Crippen LogP contribution >= 0.6 is 0 Å². The van der Waals surface area contributed by atoms with Gasteiger partial charge in [0.25, 0.3) is 5.91 Å². The molecule has 128 valence electrons. The Morgan fingerprint density at radius 3 is 2.48 bits per heavy atom. The summed E-state index contributed by atoms with van der Waals surface area (Å²) in [6.45, 7) is 7.91. The predicted molar refractivity (Wildman–Crippen MR) is 95.6 cm³/mol. The molecule has 4 nitrogen and oxygen atoms in total. The smallest absolute Gasteiger partial charge is 0.251 e. The van der Waals surface area contributed by atoms with Crippen molar-refractivity contribution < 1.29 is 9.59 Å². The minimum atomic E-state index is -0.0892. The molecule has 0 aliphatic rings. The predicted octanol–water partition coefficient (Wildman–Crippen LogP) is 4.37. The molecule has 0 spiro atoms. The van der Waals surface area contributed by atoms with Gasteiger partial charge in [0.15, 0.2) is 0 Å². The molecule has 0 aliphatic carbocycles. The highest BCUT2D eigenvalue weighted by Crippen LogP contribution is 2.13. The molecule has 0 fully saturated rings. The van der Waals surface area contributed by atoms with E-state index in [1.165, 1.54) is 19.3 Å². The van der Waals surface area contributed by atoms with E-state index in [1.54, 1.807) is 24.3 Å². The summed E-state index contributed by atoms with van der Waals surface area (Å²) in [6, 6.07) is 7.24. The fourth-order valence-corrected chi connectivity index (χ4v) is 2.28. The van der Waals surface area contributed by atoms with Crippen molar-refractivity contribution in [3.63, 3.8) is 0 Å². The minimum Gasteiger partial charge on any atom is -0.350 e. The third-order valence-electron chi connectivity index (χ3n) is 3.78. The number of amides is 2. The molecule has 2 amide bonds. The normalized spacial score (nSPS) is 12.0. The van der Waals surface area contributed by atoms with Gasteiger partial charge in [-0.15, -0.1) is 0 Å². The second-order valence-corrected chi connectivity index (χ2v) is 6.45. The molecule has 0 saturated heterocycles. The number of carbonyl (C=O) groups excluding carboxylic acids is 2. The summed E-state index contributed by atoms with van der Waals surface area (Å²) < 4.78 is 0. The van der Waals surface area contributed by atoms with Gasteiger partial charge < -0.3 is 10.6 Å². The van der Waals surface area contributed by atoms with Crippen LogP contribution in [0.5, 0.6) is 0 Å². The second-order valence-electron chi connectivity index (χ2n) is 6.45. The van der Waals surface area contributed by atoms with Crippen LogP contribution < -0.4 is 10.6 Å². The zero-order chi connectivity index (χ0) is 17.2. The van der Waals surface area contributed by atoms with Crippen molar-refractivity contribution in [3.8, 4) is 0 Å². The quantitative estimate of drug-likeness (QED) is 0.664. The van der Waals surface area contributed by atoms with Crippen molar-refractivity contribution in [2.75, 3.05) is 5.32 Å². The SMILES string of the molecule is CCCCCCC(C)NC(=O)c1cccc(NC(=O)C(C)C)c1. The molecule has 0 aromatic heterocycles. The largest absolute Gasteiger partial charge is 0.350 e. The summed E-state index contributed by atoms with van der Waals surface area (Å²) in [5.74, 6) is -0.226. The second kappa shape index (κ2) is 10.0. The van der Waals surface area contributed by atoms with Gasteiger partial charge in [0.05, 0.1) is 0 Å². The highest BCUT2D eigenvalue weighted by Gasteiger charge is 2.12. The maximum absolute atomic E-state index is 12.3. The third kappa shape index (κ3) is 7.31. The van der Waals surface area contributed by atoms with Crippen molar-refractivity contribution in [1.82, 2.24) is 5.32 Å². The van der Waals surface area contributed by atoms with Gasteiger partial charge in [-0.05, 0) is 31.5 Å². The van der Waals surface area contributed by atoms with Crippen LogP contribution in [0, 0.1) is 5.92 Å². The molecule has 0 heterocycles. The first-order valence-corrected chi connectivity index (χ1v) is 8.65. The Labute approximate surface area is 140 Å². The molecule has 1 atom stereocenters. The van der Waals surface area contributed by atoms with Crippen molar-refractivity contribution in [3.05, 3.63) is 29.8 Å². The molecule has 2 N–H and O–H groups in total. The lowest BCUT2D eigenvalue weighted by molar-refractivity contribution is -0.118. The summed E-state index contributed by atoms with van der Waals surface area (Å²) >= 11 is 0. The molecular formula is C19H30N2O2. The zero-order valence-corrected chi connectivity index (χ0v) is 14.8. The van der Waals surface area contributed by atoms with E-state index >= 15 is 0 Å². The van der Waals surface area contributed by atoms with E-state index < -0.39 is 0 Å². The topological polar surface area (TPSA) is 58.2 Å². The first-order chi connectivity index (χ1) is 10.9. The van der Waals surface area contributed by atoms with Gasteiger partial charge in [-0.3, -0.25) is 9.59 Å². The van der Waals surface area contributed by atoms with Crippen LogP contribution in [0.4, 0.5) is 5.69 Å². The first-order valence-electron chi connectivity index (χ1n) is 8.65. The maximum Gasteiger partial charge on any atom is 0.251 e. The van der Waals surface area contributed by atoms with Gasteiger partial charge in [0.1, 0.15) is 0 Å². The van der Waals surface area contributed by atoms with E-state index in [9.17, 15) is 9.59 Å². The van der Waals surface area contributed by atoms with Crippen LogP contribution in [0.3, 0.4) is 0 Å². The molecule has 1 aromatic rings. The molecule has 4 heteroatoms. The monoisotopic (exact) mass is 318 g/mol. The molecule has 1 unspecified atom stereocenters. The minimum absolute atomic E-state index is 0.0492. The number of benzene rings is 1. The molecule has 0 aliphatic heterocycles. The summed E-state index contributed by atoms with van der Waals surface area (Å²) in [7, 11) is 0. The summed E-state index contributed by atoms with van der Waals surface area (Å²) in [5.41, 5.74) is 1.24. The molecule has 0 saturated carbocycles. The summed E-state index contributed by atoms with van der Waals surface area (Å²) in [6.07, 6.45) is 5.82. The lowest BCUT2D eigenvalue weighted by Crippen LogP contribution is -2.32. The summed E-state index contributed by atoms with van der Waals surface area (Å²) in [5, 5.41) is 5.84. The number of rotatable bonds is 9. The number of anilines is 1. The zero-order valence-electron chi connectivity index (χ0n) is 14.8. The van der Waals surface area contributed by atoms with Crippen molar-refractivity contribution in [2.45, 2.75) is 65.8 Å². The molecule has 23 heavy (non-hydrogen) atoms. The highest BCUT2D eigenvalue weighted by atomic mass is 16.2. The van der Waals surface area contributed by atoms with Gasteiger partial charge in [-0.1, -0.05) is 52.5 Å².